The first-order valence-corrected chi connectivity index (χ1v) is 8.41. The number of rotatable bonds is 9. The van der Waals surface area contributed by atoms with Gasteiger partial charge >= 0.3 is 0 Å². The van der Waals surface area contributed by atoms with Crippen LogP contribution >= 0.6 is 0 Å². The molecule has 24 heavy (non-hydrogen) atoms. The molecular weight excluding hydrogens is 304 g/mol. The Morgan fingerprint density at radius 2 is 1.88 bits per heavy atom. The number of unbranched alkanes of at least 4 members (excludes halogenated alkanes) is 1. The minimum absolute atomic E-state index is 0.0130. The molecule has 0 heterocycles. The summed E-state index contributed by atoms with van der Waals surface area (Å²) in [5.41, 5.74) is 1.80. The first kappa shape index (κ1) is 20.0. The Kier molecular flexibility index (Phi) is 9.53. The Labute approximate surface area is 145 Å². The number of hydrogen-bond acceptors (Lipinski definition) is 3. The Morgan fingerprint density at radius 3 is 2.46 bits per heavy atom. The molecule has 134 valence electrons. The molecule has 0 aromatic heterocycles. The average molecular weight is 334 g/mol. The fourth-order valence-electron chi connectivity index (χ4n) is 2.11. The molecule has 6 nitrogen and oxygen atoms in total. The molecule has 0 aliphatic heterocycles. The van der Waals surface area contributed by atoms with Crippen LogP contribution < -0.4 is 10.6 Å². The van der Waals surface area contributed by atoms with Gasteiger partial charge in [0, 0.05) is 53.0 Å². The van der Waals surface area contributed by atoms with Crippen molar-refractivity contribution in [3.8, 4) is 0 Å². The number of amides is 1. The van der Waals surface area contributed by atoms with E-state index in [1.165, 1.54) is 0 Å². The van der Waals surface area contributed by atoms with Crippen LogP contribution in [0.25, 0.3) is 0 Å². The predicted octanol–water partition coefficient (Wildman–Crippen LogP) is 1.87. The van der Waals surface area contributed by atoms with Crippen molar-refractivity contribution in [1.82, 2.24) is 15.5 Å². The van der Waals surface area contributed by atoms with Crippen LogP contribution in [-0.4, -0.2) is 57.7 Å². The van der Waals surface area contributed by atoms with Gasteiger partial charge in [0.05, 0.1) is 0 Å². The molecule has 0 unspecified atom stereocenters. The van der Waals surface area contributed by atoms with Gasteiger partial charge in [-0.15, -0.1) is 0 Å². The molecule has 0 saturated heterocycles. The number of carbonyl (C=O) groups is 1. The highest BCUT2D eigenvalue weighted by Gasteiger charge is 2.07. The zero-order valence-electron chi connectivity index (χ0n) is 15.3. The number of ether oxygens (including phenoxy) is 1. The van der Waals surface area contributed by atoms with E-state index in [2.05, 4.69) is 15.6 Å². The summed E-state index contributed by atoms with van der Waals surface area (Å²) in [7, 11) is 5.26. The van der Waals surface area contributed by atoms with Gasteiger partial charge in [-0.05, 0) is 37.5 Å². The number of guanidine groups is 1. The molecule has 0 atom stereocenters. The van der Waals surface area contributed by atoms with Gasteiger partial charge < -0.3 is 20.3 Å². The molecule has 1 amide bonds. The molecule has 0 bridgehead atoms. The molecule has 1 rings (SSSR count). The lowest BCUT2D eigenvalue weighted by Crippen LogP contribution is -2.37. The summed E-state index contributed by atoms with van der Waals surface area (Å²) >= 11 is 0. The molecule has 2 N–H and O–H groups in total. The van der Waals surface area contributed by atoms with Crippen molar-refractivity contribution in [2.75, 3.05) is 40.9 Å². The highest BCUT2D eigenvalue weighted by atomic mass is 16.5. The normalized spacial score (nSPS) is 11.2. The van der Waals surface area contributed by atoms with Gasteiger partial charge in [0.25, 0.3) is 5.91 Å². The zero-order valence-corrected chi connectivity index (χ0v) is 15.3. The lowest BCUT2D eigenvalue weighted by Gasteiger charge is -2.13. The van der Waals surface area contributed by atoms with Crippen molar-refractivity contribution in [1.29, 1.82) is 0 Å². The van der Waals surface area contributed by atoms with Crippen LogP contribution in [0.3, 0.4) is 0 Å². The second-order valence-electron chi connectivity index (χ2n) is 5.65. The van der Waals surface area contributed by atoms with E-state index in [1.54, 1.807) is 26.0 Å². The molecule has 0 aliphatic carbocycles. The Hall–Kier alpha value is -2.08. The first-order chi connectivity index (χ1) is 11.6. The molecule has 0 spiro atoms. The van der Waals surface area contributed by atoms with Gasteiger partial charge in [0.1, 0.15) is 0 Å². The summed E-state index contributed by atoms with van der Waals surface area (Å²) < 4.78 is 5.31. The number of nitrogens with zero attached hydrogens (tertiary/aromatic N) is 2. The minimum atomic E-state index is 0.0130. The van der Waals surface area contributed by atoms with Gasteiger partial charge in [0.2, 0.25) is 0 Å². The van der Waals surface area contributed by atoms with Crippen LogP contribution in [0.15, 0.2) is 29.3 Å². The number of aliphatic imine (C=N–C) groups is 1. The maximum Gasteiger partial charge on any atom is 0.253 e. The average Bonchev–Trinajstić information content (AvgIpc) is 2.60. The maximum absolute atomic E-state index is 11.9. The third-order valence-corrected chi connectivity index (χ3v) is 3.50. The van der Waals surface area contributed by atoms with Crippen molar-refractivity contribution < 1.29 is 9.53 Å². The number of carbonyl (C=O) groups excluding carboxylic acids is 1. The highest BCUT2D eigenvalue weighted by molar-refractivity contribution is 5.93. The molecule has 0 saturated carbocycles. The maximum atomic E-state index is 11.9. The largest absolute Gasteiger partial charge is 0.382 e. The molecule has 6 heteroatoms. The summed E-state index contributed by atoms with van der Waals surface area (Å²) in [4.78, 5) is 17.6. The van der Waals surface area contributed by atoms with Crippen molar-refractivity contribution >= 4 is 11.9 Å². The number of hydrogen-bond donors (Lipinski definition) is 2. The zero-order chi connectivity index (χ0) is 17.8. The molecule has 1 aromatic rings. The summed E-state index contributed by atoms with van der Waals surface area (Å²) in [6.07, 6.45) is 2.08. The molecule has 0 aliphatic rings. The lowest BCUT2D eigenvalue weighted by molar-refractivity contribution is 0.0827. The van der Waals surface area contributed by atoms with E-state index in [9.17, 15) is 4.79 Å². The molecule has 1 aromatic carbocycles. The summed E-state index contributed by atoms with van der Waals surface area (Å²) in [6, 6.07) is 7.62. The summed E-state index contributed by atoms with van der Waals surface area (Å²) in [5.74, 6) is 0.791. The van der Waals surface area contributed by atoms with Gasteiger partial charge in [0.15, 0.2) is 5.96 Å². The van der Waals surface area contributed by atoms with Crippen LogP contribution in [0, 0.1) is 0 Å². The fraction of sp³-hybridized carbons (Fsp3) is 0.556. The Balaban J connectivity index is 2.34. The van der Waals surface area contributed by atoms with E-state index in [-0.39, 0.29) is 5.91 Å². The van der Waals surface area contributed by atoms with Crippen molar-refractivity contribution in [3.63, 3.8) is 0 Å². The van der Waals surface area contributed by atoms with E-state index >= 15 is 0 Å². The van der Waals surface area contributed by atoms with Crippen LogP contribution in [0.4, 0.5) is 0 Å². The number of benzene rings is 1. The van der Waals surface area contributed by atoms with Crippen LogP contribution in [-0.2, 0) is 11.3 Å². The SMILES string of the molecule is CCOCCCCNC(=NC)NCc1ccc(C(=O)N(C)C)cc1. The second kappa shape index (κ2) is 11.5. The van der Waals surface area contributed by atoms with E-state index in [4.69, 9.17) is 4.74 Å². The monoisotopic (exact) mass is 334 g/mol. The van der Waals surface area contributed by atoms with E-state index in [0.717, 1.165) is 44.1 Å². The Morgan fingerprint density at radius 1 is 1.17 bits per heavy atom. The predicted molar refractivity (Wildman–Crippen MR) is 98.4 cm³/mol. The van der Waals surface area contributed by atoms with E-state index < -0.39 is 0 Å². The van der Waals surface area contributed by atoms with Crippen molar-refractivity contribution in [2.24, 2.45) is 4.99 Å². The third kappa shape index (κ3) is 7.46. The van der Waals surface area contributed by atoms with E-state index in [1.807, 2.05) is 31.2 Å². The van der Waals surface area contributed by atoms with Crippen molar-refractivity contribution in [2.45, 2.75) is 26.3 Å². The third-order valence-electron chi connectivity index (χ3n) is 3.50. The van der Waals surface area contributed by atoms with E-state index in [0.29, 0.717) is 12.1 Å². The first-order valence-electron chi connectivity index (χ1n) is 8.41. The molecule has 0 radical (unpaired) electrons. The quantitative estimate of drug-likeness (QED) is 0.411. The fourth-order valence-corrected chi connectivity index (χ4v) is 2.11. The minimum Gasteiger partial charge on any atom is -0.382 e. The van der Waals surface area contributed by atoms with Gasteiger partial charge in [-0.2, -0.15) is 0 Å². The molecule has 0 fully saturated rings. The topological polar surface area (TPSA) is 66.0 Å². The lowest BCUT2D eigenvalue weighted by atomic mass is 10.1. The highest BCUT2D eigenvalue weighted by Crippen LogP contribution is 2.06. The van der Waals surface area contributed by atoms with Crippen molar-refractivity contribution in [3.05, 3.63) is 35.4 Å². The summed E-state index contributed by atoms with van der Waals surface area (Å²) in [6.45, 7) is 5.11. The van der Waals surface area contributed by atoms with Crippen LogP contribution in [0.2, 0.25) is 0 Å². The smallest absolute Gasteiger partial charge is 0.253 e. The standard InChI is InChI=1S/C18H30N4O2/c1-5-24-13-7-6-12-20-18(19-2)21-14-15-8-10-16(11-9-15)17(23)22(3)4/h8-11H,5-7,12-14H2,1-4H3,(H2,19,20,21). The summed E-state index contributed by atoms with van der Waals surface area (Å²) in [5, 5.41) is 6.56. The van der Waals surface area contributed by atoms with Crippen LogP contribution in [0.1, 0.15) is 35.7 Å². The van der Waals surface area contributed by atoms with Gasteiger partial charge in [-0.1, -0.05) is 12.1 Å². The Bertz CT molecular complexity index is 512. The van der Waals surface area contributed by atoms with Gasteiger partial charge in [-0.3, -0.25) is 9.79 Å². The van der Waals surface area contributed by atoms with Gasteiger partial charge in [-0.25, -0.2) is 0 Å². The molecular formula is C18H30N4O2. The second-order valence-corrected chi connectivity index (χ2v) is 5.65. The van der Waals surface area contributed by atoms with Crippen LogP contribution in [0.5, 0.6) is 0 Å². The number of nitrogens with one attached hydrogen (secondary N) is 2.